The first-order valence-corrected chi connectivity index (χ1v) is 3.52. The molecule has 1 aromatic rings. The van der Waals surface area contributed by atoms with Crippen molar-refractivity contribution in [1.82, 2.24) is 0 Å². The second-order valence-corrected chi connectivity index (χ2v) is 2.35. The summed E-state index contributed by atoms with van der Waals surface area (Å²) >= 11 is 0. The van der Waals surface area contributed by atoms with Gasteiger partial charge in [-0.25, -0.2) is 0 Å². The maximum Gasteiger partial charge on any atom is 1.00 e. The van der Waals surface area contributed by atoms with Gasteiger partial charge in [-0.3, -0.25) is 0 Å². The minimum absolute atomic E-state index is 0. The van der Waals surface area contributed by atoms with Crippen molar-refractivity contribution in [3.8, 4) is 0 Å². The molecule has 0 aliphatic rings. The van der Waals surface area contributed by atoms with Crippen LogP contribution in [0.4, 0.5) is 5.69 Å². The standard InChI is InChI=1S/C7H9N.C2H4O2.Cu/c1-6-4-2-3-5-7(6)8;1-2(3)4;/h2-5H,8H2,1H3;1H3,(H,3,4);/q;;+1/p-1. The van der Waals surface area contributed by atoms with Crippen molar-refractivity contribution in [2.75, 3.05) is 5.73 Å². The van der Waals surface area contributed by atoms with Gasteiger partial charge in [0.1, 0.15) is 0 Å². The van der Waals surface area contributed by atoms with Gasteiger partial charge in [0.2, 0.25) is 0 Å². The number of carboxylic acid groups (broad SMARTS) is 1. The van der Waals surface area contributed by atoms with Crippen LogP contribution in [-0.4, -0.2) is 5.97 Å². The first kappa shape index (κ1) is 14.5. The summed E-state index contributed by atoms with van der Waals surface area (Å²) in [5.74, 6) is -1.08. The molecule has 0 heterocycles. The minimum Gasteiger partial charge on any atom is -0.550 e. The van der Waals surface area contributed by atoms with E-state index in [-0.39, 0.29) is 17.1 Å². The Morgan fingerprint density at radius 1 is 1.38 bits per heavy atom. The van der Waals surface area contributed by atoms with Crippen LogP contribution < -0.4 is 10.8 Å². The number of para-hydroxylation sites is 1. The number of hydrogen-bond donors (Lipinski definition) is 1. The molecule has 1 aromatic carbocycles. The number of aryl methyl sites for hydroxylation is 1. The number of nitrogen functional groups attached to an aromatic ring is 1. The summed E-state index contributed by atoms with van der Waals surface area (Å²) in [4.78, 5) is 8.89. The van der Waals surface area contributed by atoms with Crippen LogP contribution in [0.5, 0.6) is 0 Å². The second-order valence-electron chi connectivity index (χ2n) is 2.35. The van der Waals surface area contributed by atoms with Gasteiger partial charge >= 0.3 is 17.1 Å². The number of benzene rings is 1. The maximum absolute atomic E-state index is 8.89. The second kappa shape index (κ2) is 7.65. The van der Waals surface area contributed by atoms with Gasteiger partial charge in [0.05, 0.1) is 0 Å². The van der Waals surface area contributed by atoms with Gasteiger partial charge in [0.25, 0.3) is 0 Å². The molecular formula is C9H12CuNO2. The van der Waals surface area contributed by atoms with E-state index in [0.717, 1.165) is 18.2 Å². The Bertz CT molecular complexity index is 239. The van der Waals surface area contributed by atoms with Crippen LogP contribution in [0.15, 0.2) is 24.3 Å². The summed E-state index contributed by atoms with van der Waals surface area (Å²) in [7, 11) is 0. The summed E-state index contributed by atoms with van der Waals surface area (Å²) in [6, 6.07) is 7.80. The van der Waals surface area contributed by atoms with Gasteiger partial charge in [-0.1, -0.05) is 18.2 Å². The SMILES string of the molecule is CC(=O)[O-].Cc1ccccc1N.[Cu+]. The van der Waals surface area contributed by atoms with Crippen LogP contribution in [0.3, 0.4) is 0 Å². The van der Waals surface area contributed by atoms with Crippen molar-refractivity contribution in [1.29, 1.82) is 0 Å². The van der Waals surface area contributed by atoms with Crippen molar-refractivity contribution >= 4 is 11.7 Å². The van der Waals surface area contributed by atoms with Gasteiger partial charge in [-0.05, 0) is 25.5 Å². The predicted octanol–water partition coefficient (Wildman–Crippen LogP) is 0.331. The molecule has 0 aromatic heterocycles. The van der Waals surface area contributed by atoms with Crippen molar-refractivity contribution in [3.63, 3.8) is 0 Å². The monoisotopic (exact) mass is 229 g/mol. The van der Waals surface area contributed by atoms with Crippen LogP contribution >= 0.6 is 0 Å². The number of carbonyl (C=O) groups is 1. The molecule has 0 saturated heterocycles. The van der Waals surface area contributed by atoms with E-state index in [9.17, 15) is 0 Å². The van der Waals surface area contributed by atoms with Crippen LogP contribution in [0.2, 0.25) is 0 Å². The maximum atomic E-state index is 8.89. The van der Waals surface area contributed by atoms with E-state index in [1.54, 1.807) is 0 Å². The fourth-order valence-electron chi connectivity index (χ4n) is 0.587. The Morgan fingerprint density at radius 3 is 2.00 bits per heavy atom. The van der Waals surface area contributed by atoms with Crippen LogP contribution in [0.1, 0.15) is 12.5 Å². The largest absolute Gasteiger partial charge is 1.00 e. The van der Waals surface area contributed by atoms with Gasteiger partial charge < -0.3 is 15.6 Å². The fraction of sp³-hybridized carbons (Fsp3) is 0.222. The van der Waals surface area contributed by atoms with E-state index in [1.165, 1.54) is 0 Å². The fourth-order valence-corrected chi connectivity index (χ4v) is 0.587. The Labute approximate surface area is 88.4 Å². The van der Waals surface area contributed by atoms with Crippen LogP contribution in [0.25, 0.3) is 0 Å². The van der Waals surface area contributed by atoms with E-state index in [2.05, 4.69) is 0 Å². The average molecular weight is 230 g/mol. The molecule has 0 aliphatic carbocycles. The molecule has 0 aliphatic heterocycles. The summed E-state index contributed by atoms with van der Waals surface area (Å²) in [5, 5.41) is 8.89. The Morgan fingerprint density at radius 2 is 1.77 bits per heavy atom. The number of nitrogens with two attached hydrogens (primary N) is 1. The topological polar surface area (TPSA) is 66.1 Å². The van der Waals surface area contributed by atoms with Crippen molar-refractivity contribution in [3.05, 3.63) is 29.8 Å². The van der Waals surface area contributed by atoms with Crippen molar-refractivity contribution < 1.29 is 27.0 Å². The molecule has 0 unspecified atom stereocenters. The summed E-state index contributed by atoms with van der Waals surface area (Å²) in [6.45, 7) is 2.97. The van der Waals surface area contributed by atoms with E-state index < -0.39 is 5.97 Å². The zero-order valence-corrected chi connectivity index (χ0v) is 8.45. The van der Waals surface area contributed by atoms with E-state index in [0.29, 0.717) is 0 Å². The zero-order valence-electron chi connectivity index (χ0n) is 7.50. The number of anilines is 1. The molecule has 3 nitrogen and oxygen atoms in total. The van der Waals surface area contributed by atoms with Crippen LogP contribution in [-0.2, 0) is 21.9 Å². The number of rotatable bonds is 0. The quantitative estimate of drug-likeness (QED) is 0.515. The van der Waals surface area contributed by atoms with E-state index >= 15 is 0 Å². The molecule has 2 N–H and O–H groups in total. The Balaban J connectivity index is 0. The molecule has 0 fully saturated rings. The van der Waals surface area contributed by atoms with Gasteiger partial charge in [-0.2, -0.15) is 0 Å². The molecule has 4 heteroatoms. The summed E-state index contributed by atoms with van der Waals surface area (Å²) in [5.41, 5.74) is 7.53. The molecular weight excluding hydrogens is 218 g/mol. The van der Waals surface area contributed by atoms with Gasteiger partial charge in [-0.15, -0.1) is 0 Å². The molecule has 0 saturated carbocycles. The number of carboxylic acids is 1. The molecule has 13 heavy (non-hydrogen) atoms. The third-order valence-electron chi connectivity index (χ3n) is 1.19. The number of carbonyl (C=O) groups excluding carboxylic acids is 1. The smallest absolute Gasteiger partial charge is 0.550 e. The molecule has 0 radical (unpaired) electrons. The third-order valence-corrected chi connectivity index (χ3v) is 1.19. The van der Waals surface area contributed by atoms with Crippen molar-refractivity contribution in [2.45, 2.75) is 13.8 Å². The Hall–Kier alpha value is -0.991. The van der Waals surface area contributed by atoms with Crippen molar-refractivity contribution in [2.24, 2.45) is 0 Å². The van der Waals surface area contributed by atoms with Crippen LogP contribution in [0, 0.1) is 6.92 Å². The molecule has 0 amide bonds. The zero-order chi connectivity index (χ0) is 9.56. The van der Waals surface area contributed by atoms with Gasteiger partial charge in [0.15, 0.2) is 0 Å². The first-order chi connectivity index (χ1) is 5.54. The first-order valence-electron chi connectivity index (χ1n) is 3.52. The molecule has 0 bridgehead atoms. The number of hydrogen-bond acceptors (Lipinski definition) is 3. The predicted molar refractivity (Wildman–Crippen MR) is 46.3 cm³/mol. The normalized spacial score (nSPS) is 7.54. The Kier molecular flexibility index (Phi) is 8.55. The molecule has 0 spiro atoms. The molecule has 0 atom stereocenters. The summed E-state index contributed by atoms with van der Waals surface area (Å²) in [6.07, 6.45) is 0. The summed E-state index contributed by atoms with van der Waals surface area (Å²) < 4.78 is 0. The minimum atomic E-state index is -1.08. The van der Waals surface area contributed by atoms with E-state index in [4.69, 9.17) is 15.6 Å². The van der Waals surface area contributed by atoms with E-state index in [1.807, 2.05) is 31.2 Å². The molecule has 1 rings (SSSR count). The molecule has 76 valence electrons. The van der Waals surface area contributed by atoms with Gasteiger partial charge in [0, 0.05) is 11.7 Å². The third kappa shape index (κ3) is 8.92. The average Bonchev–Trinajstić information content (AvgIpc) is 1.94. The number of aliphatic carboxylic acids is 1.